The summed E-state index contributed by atoms with van der Waals surface area (Å²) in [5.41, 5.74) is 2.39. The monoisotopic (exact) mass is 195 g/mol. The van der Waals surface area contributed by atoms with Gasteiger partial charge in [0.2, 0.25) is 0 Å². The number of hydrogen-bond donors (Lipinski definition) is 3. The zero-order valence-corrected chi connectivity index (χ0v) is 8.40. The Balaban J connectivity index is 2.41. The van der Waals surface area contributed by atoms with Crippen LogP contribution in [0, 0.1) is 6.92 Å². The van der Waals surface area contributed by atoms with E-state index in [-0.39, 0.29) is 19.3 Å². The van der Waals surface area contributed by atoms with Crippen LogP contribution in [-0.2, 0) is 6.54 Å². The molecule has 3 N–H and O–H groups in total. The Kier molecular flexibility index (Phi) is 4.59. The molecule has 0 atom stereocenters. The first-order valence-corrected chi connectivity index (χ1v) is 4.77. The highest BCUT2D eigenvalue weighted by molar-refractivity contribution is 5.21. The van der Waals surface area contributed by atoms with Crippen LogP contribution in [0.5, 0.6) is 0 Å². The van der Waals surface area contributed by atoms with E-state index in [1.165, 1.54) is 5.56 Å². The second kappa shape index (κ2) is 5.75. The molecule has 0 aliphatic carbocycles. The van der Waals surface area contributed by atoms with Crippen LogP contribution >= 0.6 is 0 Å². The quantitative estimate of drug-likeness (QED) is 0.639. The summed E-state index contributed by atoms with van der Waals surface area (Å²) in [7, 11) is 0. The summed E-state index contributed by atoms with van der Waals surface area (Å²) in [6.07, 6.45) is 0. The summed E-state index contributed by atoms with van der Waals surface area (Å²) in [4.78, 5) is 0. The standard InChI is InChI=1S/C11H17NO2/c1-9-2-4-10(5-3-9)6-12-11(7-13)8-14/h2-5,11-14H,6-8H2,1H3. The fraction of sp³-hybridized carbons (Fsp3) is 0.455. The fourth-order valence-corrected chi connectivity index (χ4v) is 1.15. The molecule has 0 aliphatic rings. The van der Waals surface area contributed by atoms with Gasteiger partial charge in [-0.05, 0) is 12.5 Å². The smallest absolute Gasteiger partial charge is 0.0607 e. The van der Waals surface area contributed by atoms with Crippen molar-refractivity contribution in [2.75, 3.05) is 13.2 Å². The fourth-order valence-electron chi connectivity index (χ4n) is 1.15. The summed E-state index contributed by atoms with van der Waals surface area (Å²) in [5, 5.41) is 20.7. The SMILES string of the molecule is Cc1ccc(CNC(CO)CO)cc1. The third kappa shape index (κ3) is 3.46. The molecule has 0 fully saturated rings. The number of hydrogen-bond acceptors (Lipinski definition) is 3. The molecule has 0 unspecified atom stereocenters. The van der Waals surface area contributed by atoms with Gasteiger partial charge in [0.1, 0.15) is 0 Å². The van der Waals surface area contributed by atoms with Gasteiger partial charge in [-0.3, -0.25) is 0 Å². The molecule has 3 nitrogen and oxygen atoms in total. The van der Waals surface area contributed by atoms with Crippen molar-refractivity contribution in [2.24, 2.45) is 0 Å². The molecule has 0 saturated heterocycles. The normalized spacial score (nSPS) is 10.9. The molecule has 0 spiro atoms. The van der Waals surface area contributed by atoms with Gasteiger partial charge >= 0.3 is 0 Å². The number of aliphatic hydroxyl groups excluding tert-OH is 2. The van der Waals surface area contributed by atoms with Crippen molar-refractivity contribution < 1.29 is 10.2 Å². The van der Waals surface area contributed by atoms with Crippen LogP contribution in [0.1, 0.15) is 11.1 Å². The Hall–Kier alpha value is -0.900. The van der Waals surface area contributed by atoms with Crippen LogP contribution in [0.4, 0.5) is 0 Å². The molecule has 0 bridgehead atoms. The Morgan fingerprint density at radius 3 is 2.21 bits per heavy atom. The minimum Gasteiger partial charge on any atom is -0.395 e. The van der Waals surface area contributed by atoms with Crippen LogP contribution in [-0.4, -0.2) is 29.5 Å². The minimum atomic E-state index is -0.226. The van der Waals surface area contributed by atoms with Gasteiger partial charge in [0, 0.05) is 6.54 Å². The molecule has 78 valence electrons. The predicted molar refractivity (Wildman–Crippen MR) is 56.0 cm³/mol. The second-order valence-electron chi connectivity index (χ2n) is 3.43. The lowest BCUT2D eigenvalue weighted by atomic mass is 10.1. The lowest BCUT2D eigenvalue weighted by Crippen LogP contribution is -2.35. The van der Waals surface area contributed by atoms with Crippen LogP contribution in [0.25, 0.3) is 0 Å². The molecule has 1 aromatic rings. The molecule has 0 amide bonds. The van der Waals surface area contributed by atoms with Crippen molar-refractivity contribution in [3.05, 3.63) is 35.4 Å². The largest absolute Gasteiger partial charge is 0.395 e. The van der Waals surface area contributed by atoms with Crippen LogP contribution in [0.2, 0.25) is 0 Å². The number of aliphatic hydroxyl groups is 2. The van der Waals surface area contributed by atoms with Crippen molar-refractivity contribution in [1.29, 1.82) is 0 Å². The molecule has 0 radical (unpaired) electrons. The first-order valence-electron chi connectivity index (χ1n) is 4.77. The van der Waals surface area contributed by atoms with Gasteiger partial charge in [0.15, 0.2) is 0 Å². The highest BCUT2D eigenvalue weighted by atomic mass is 16.3. The number of aryl methyl sites for hydroxylation is 1. The molecule has 0 aromatic heterocycles. The van der Waals surface area contributed by atoms with Crippen molar-refractivity contribution in [3.8, 4) is 0 Å². The maximum absolute atomic E-state index is 8.83. The summed E-state index contributed by atoms with van der Waals surface area (Å²) in [5.74, 6) is 0. The first-order chi connectivity index (χ1) is 6.76. The zero-order valence-electron chi connectivity index (χ0n) is 8.40. The Morgan fingerprint density at radius 2 is 1.71 bits per heavy atom. The van der Waals surface area contributed by atoms with E-state index in [1.54, 1.807) is 0 Å². The molecule has 0 saturated carbocycles. The average Bonchev–Trinajstić information content (AvgIpc) is 2.22. The maximum atomic E-state index is 8.83. The lowest BCUT2D eigenvalue weighted by Gasteiger charge is -2.13. The average molecular weight is 195 g/mol. The molecular formula is C11H17NO2. The number of benzene rings is 1. The predicted octanol–water partition coefficient (Wildman–Crippen LogP) is 0.438. The van der Waals surface area contributed by atoms with Gasteiger partial charge in [0.05, 0.1) is 19.3 Å². The van der Waals surface area contributed by atoms with E-state index < -0.39 is 0 Å². The van der Waals surface area contributed by atoms with Crippen LogP contribution < -0.4 is 5.32 Å². The third-order valence-electron chi connectivity index (χ3n) is 2.16. The van der Waals surface area contributed by atoms with Crippen LogP contribution in [0.15, 0.2) is 24.3 Å². The first kappa shape index (κ1) is 11.2. The number of rotatable bonds is 5. The highest BCUT2D eigenvalue weighted by Gasteiger charge is 2.03. The summed E-state index contributed by atoms with van der Waals surface area (Å²) in [6, 6.07) is 7.94. The van der Waals surface area contributed by atoms with Gasteiger partial charge in [-0.2, -0.15) is 0 Å². The van der Waals surface area contributed by atoms with E-state index in [1.807, 2.05) is 31.2 Å². The maximum Gasteiger partial charge on any atom is 0.0607 e. The topological polar surface area (TPSA) is 52.5 Å². The third-order valence-corrected chi connectivity index (χ3v) is 2.16. The lowest BCUT2D eigenvalue weighted by molar-refractivity contribution is 0.170. The molecule has 1 rings (SSSR count). The molecular weight excluding hydrogens is 178 g/mol. The second-order valence-corrected chi connectivity index (χ2v) is 3.43. The Morgan fingerprint density at radius 1 is 1.14 bits per heavy atom. The van der Waals surface area contributed by atoms with E-state index in [4.69, 9.17) is 10.2 Å². The number of nitrogens with one attached hydrogen (secondary N) is 1. The van der Waals surface area contributed by atoms with Crippen molar-refractivity contribution >= 4 is 0 Å². The van der Waals surface area contributed by atoms with Gasteiger partial charge in [-0.1, -0.05) is 29.8 Å². The van der Waals surface area contributed by atoms with Gasteiger partial charge in [-0.15, -0.1) is 0 Å². The van der Waals surface area contributed by atoms with E-state index in [9.17, 15) is 0 Å². The van der Waals surface area contributed by atoms with Gasteiger partial charge in [0.25, 0.3) is 0 Å². The summed E-state index contributed by atoms with van der Waals surface area (Å²) < 4.78 is 0. The molecule has 0 aliphatic heterocycles. The van der Waals surface area contributed by atoms with Crippen molar-refractivity contribution in [2.45, 2.75) is 19.5 Å². The Labute approximate surface area is 84.4 Å². The van der Waals surface area contributed by atoms with E-state index in [2.05, 4.69) is 5.32 Å². The summed E-state index contributed by atoms with van der Waals surface area (Å²) in [6.45, 7) is 2.64. The highest BCUT2D eigenvalue weighted by Crippen LogP contribution is 2.02. The molecule has 3 heteroatoms. The zero-order chi connectivity index (χ0) is 10.4. The molecule has 1 aromatic carbocycles. The minimum absolute atomic E-state index is 0.0393. The van der Waals surface area contributed by atoms with E-state index in [0.717, 1.165) is 5.56 Å². The van der Waals surface area contributed by atoms with Crippen molar-refractivity contribution in [1.82, 2.24) is 5.32 Å². The van der Waals surface area contributed by atoms with E-state index in [0.29, 0.717) is 6.54 Å². The Bertz CT molecular complexity index is 254. The van der Waals surface area contributed by atoms with Crippen LogP contribution in [0.3, 0.4) is 0 Å². The molecule has 0 heterocycles. The van der Waals surface area contributed by atoms with Crippen molar-refractivity contribution in [3.63, 3.8) is 0 Å². The van der Waals surface area contributed by atoms with Gasteiger partial charge in [-0.25, -0.2) is 0 Å². The van der Waals surface area contributed by atoms with E-state index >= 15 is 0 Å². The van der Waals surface area contributed by atoms with Gasteiger partial charge < -0.3 is 15.5 Å². The summed E-state index contributed by atoms with van der Waals surface area (Å²) >= 11 is 0. The molecule has 14 heavy (non-hydrogen) atoms.